The topological polar surface area (TPSA) is 9.72 Å². The number of rotatable bonds is 5. The summed E-state index contributed by atoms with van der Waals surface area (Å²) in [5.41, 5.74) is 5.16. The number of hydrogen-bond donors (Lipinski definition) is 0. The van der Waals surface area contributed by atoms with Gasteiger partial charge in [0.25, 0.3) is 0 Å². The molecule has 0 atom stereocenters. The van der Waals surface area contributed by atoms with Crippen LogP contribution in [0.15, 0.2) is 48.5 Å². The van der Waals surface area contributed by atoms with E-state index in [4.69, 9.17) is 6.42 Å². The standard InChI is InChI=1S/C26H33N3/c1-3-23-8-10-24(11-9-23)12-15-27-16-13-25(14-17-27)28-18-20-29(21-19-28)26-7-5-4-6-22(26)2/h1,4-11,25H,12-21H2,2H3. The highest BCUT2D eigenvalue weighted by Crippen LogP contribution is 2.23. The summed E-state index contributed by atoms with van der Waals surface area (Å²) >= 11 is 0. The number of hydrogen-bond acceptors (Lipinski definition) is 3. The summed E-state index contributed by atoms with van der Waals surface area (Å²) < 4.78 is 0. The molecule has 2 aromatic rings. The van der Waals surface area contributed by atoms with Crippen LogP contribution in [0.1, 0.15) is 29.5 Å². The van der Waals surface area contributed by atoms with E-state index >= 15 is 0 Å². The second kappa shape index (κ2) is 9.48. The Morgan fingerprint density at radius 2 is 1.59 bits per heavy atom. The third-order valence-corrected chi connectivity index (χ3v) is 6.68. The minimum Gasteiger partial charge on any atom is -0.369 e. The molecule has 152 valence electrons. The van der Waals surface area contributed by atoms with Crippen LogP contribution < -0.4 is 4.90 Å². The molecular formula is C26H33N3. The molecule has 0 aliphatic carbocycles. The molecule has 2 saturated heterocycles. The van der Waals surface area contributed by atoms with E-state index in [1.807, 2.05) is 0 Å². The number of nitrogens with zero attached hydrogens (tertiary/aromatic N) is 3. The van der Waals surface area contributed by atoms with Crippen LogP contribution in [0.4, 0.5) is 5.69 Å². The second-order valence-corrected chi connectivity index (χ2v) is 8.47. The molecule has 2 fully saturated rings. The van der Waals surface area contributed by atoms with Gasteiger partial charge >= 0.3 is 0 Å². The maximum Gasteiger partial charge on any atom is 0.0396 e. The molecule has 0 amide bonds. The number of piperazine rings is 1. The van der Waals surface area contributed by atoms with Gasteiger partial charge < -0.3 is 9.80 Å². The Morgan fingerprint density at radius 1 is 0.897 bits per heavy atom. The zero-order valence-electron chi connectivity index (χ0n) is 17.7. The summed E-state index contributed by atoms with van der Waals surface area (Å²) in [6.07, 6.45) is 9.17. The lowest BCUT2D eigenvalue weighted by Crippen LogP contribution is -2.53. The number of benzene rings is 2. The van der Waals surface area contributed by atoms with Gasteiger partial charge in [-0.05, 0) is 68.6 Å². The van der Waals surface area contributed by atoms with Crippen LogP contribution in [0.5, 0.6) is 0 Å². The van der Waals surface area contributed by atoms with Gasteiger partial charge in [-0.1, -0.05) is 36.3 Å². The van der Waals surface area contributed by atoms with E-state index in [0.717, 1.165) is 37.7 Å². The number of terminal acetylenes is 1. The number of aryl methyl sites for hydroxylation is 1. The number of para-hydroxylation sites is 1. The molecule has 0 spiro atoms. The zero-order valence-corrected chi connectivity index (χ0v) is 17.7. The lowest BCUT2D eigenvalue weighted by molar-refractivity contribution is 0.104. The lowest BCUT2D eigenvalue weighted by Gasteiger charge is -2.43. The van der Waals surface area contributed by atoms with Crippen molar-refractivity contribution < 1.29 is 0 Å². The van der Waals surface area contributed by atoms with E-state index in [2.05, 4.69) is 76.1 Å². The van der Waals surface area contributed by atoms with Gasteiger partial charge in [0.15, 0.2) is 0 Å². The molecule has 0 saturated carbocycles. The first-order valence-electron chi connectivity index (χ1n) is 11.1. The van der Waals surface area contributed by atoms with Crippen LogP contribution in [0.3, 0.4) is 0 Å². The molecule has 29 heavy (non-hydrogen) atoms. The van der Waals surface area contributed by atoms with Crippen LogP contribution in [-0.2, 0) is 6.42 Å². The maximum atomic E-state index is 5.44. The molecule has 3 heteroatoms. The van der Waals surface area contributed by atoms with Gasteiger partial charge in [0.05, 0.1) is 0 Å². The van der Waals surface area contributed by atoms with Gasteiger partial charge in [-0.25, -0.2) is 0 Å². The fourth-order valence-corrected chi connectivity index (χ4v) is 4.81. The fourth-order valence-electron chi connectivity index (χ4n) is 4.81. The molecule has 2 aromatic carbocycles. The van der Waals surface area contributed by atoms with Crippen molar-refractivity contribution in [3.63, 3.8) is 0 Å². The first-order chi connectivity index (χ1) is 14.2. The zero-order chi connectivity index (χ0) is 20.1. The van der Waals surface area contributed by atoms with Crippen LogP contribution in [0, 0.1) is 19.3 Å². The van der Waals surface area contributed by atoms with Crippen LogP contribution in [0.25, 0.3) is 0 Å². The van der Waals surface area contributed by atoms with Crippen molar-refractivity contribution in [1.82, 2.24) is 9.80 Å². The summed E-state index contributed by atoms with van der Waals surface area (Å²) in [5.74, 6) is 2.69. The molecule has 2 aliphatic heterocycles. The van der Waals surface area contributed by atoms with E-state index in [0.29, 0.717) is 0 Å². The average Bonchev–Trinajstić information content (AvgIpc) is 2.79. The quantitative estimate of drug-likeness (QED) is 0.723. The SMILES string of the molecule is C#Cc1ccc(CCN2CCC(N3CCN(c4ccccc4C)CC3)CC2)cc1. The van der Waals surface area contributed by atoms with Crippen molar-refractivity contribution in [3.05, 3.63) is 65.2 Å². The van der Waals surface area contributed by atoms with Gasteiger partial charge in [-0.3, -0.25) is 4.90 Å². The van der Waals surface area contributed by atoms with Crippen LogP contribution in [-0.4, -0.2) is 61.7 Å². The smallest absolute Gasteiger partial charge is 0.0396 e. The first-order valence-corrected chi connectivity index (χ1v) is 11.1. The van der Waals surface area contributed by atoms with Crippen molar-refractivity contribution in [2.45, 2.75) is 32.2 Å². The highest BCUT2D eigenvalue weighted by atomic mass is 15.3. The largest absolute Gasteiger partial charge is 0.369 e. The van der Waals surface area contributed by atoms with Crippen LogP contribution in [0.2, 0.25) is 0 Å². The lowest BCUT2D eigenvalue weighted by atomic mass is 10.0. The van der Waals surface area contributed by atoms with E-state index in [-0.39, 0.29) is 0 Å². The maximum absolute atomic E-state index is 5.44. The normalized spacial score (nSPS) is 19.2. The van der Waals surface area contributed by atoms with Crippen LogP contribution >= 0.6 is 0 Å². The molecular weight excluding hydrogens is 354 g/mol. The van der Waals surface area contributed by atoms with Gasteiger partial charge in [0, 0.05) is 50.0 Å². The fraction of sp³-hybridized carbons (Fsp3) is 0.462. The second-order valence-electron chi connectivity index (χ2n) is 8.47. The van der Waals surface area contributed by atoms with E-state index in [1.54, 1.807) is 0 Å². The molecule has 0 radical (unpaired) electrons. The Labute approximate surface area is 176 Å². The van der Waals surface area contributed by atoms with E-state index < -0.39 is 0 Å². The molecule has 4 rings (SSSR count). The Morgan fingerprint density at radius 3 is 2.24 bits per heavy atom. The minimum absolute atomic E-state index is 0.764. The summed E-state index contributed by atoms with van der Waals surface area (Å²) in [6, 6.07) is 18.0. The van der Waals surface area contributed by atoms with Crippen molar-refractivity contribution in [1.29, 1.82) is 0 Å². The number of likely N-dealkylation sites (tertiary alicyclic amines) is 1. The Kier molecular flexibility index (Phi) is 6.54. The van der Waals surface area contributed by atoms with Gasteiger partial charge in [-0.15, -0.1) is 6.42 Å². The van der Waals surface area contributed by atoms with Gasteiger partial charge in [-0.2, -0.15) is 0 Å². The minimum atomic E-state index is 0.764. The molecule has 2 heterocycles. The summed E-state index contributed by atoms with van der Waals surface area (Å²) in [5, 5.41) is 0. The third kappa shape index (κ3) is 5.01. The van der Waals surface area contributed by atoms with Gasteiger partial charge in [0.2, 0.25) is 0 Å². The highest BCUT2D eigenvalue weighted by molar-refractivity contribution is 5.53. The summed E-state index contributed by atoms with van der Waals surface area (Å²) in [6.45, 7) is 10.5. The van der Waals surface area contributed by atoms with E-state index in [9.17, 15) is 0 Å². The van der Waals surface area contributed by atoms with Crippen molar-refractivity contribution in [2.75, 3.05) is 50.7 Å². The molecule has 0 N–H and O–H groups in total. The number of piperidine rings is 1. The molecule has 0 bridgehead atoms. The first kappa shape index (κ1) is 20.0. The summed E-state index contributed by atoms with van der Waals surface area (Å²) in [7, 11) is 0. The predicted octanol–water partition coefficient (Wildman–Crippen LogP) is 3.81. The van der Waals surface area contributed by atoms with Gasteiger partial charge in [0.1, 0.15) is 0 Å². The third-order valence-electron chi connectivity index (χ3n) is 6.68. The molecule has 0 aromatic heterocycles. The predicted molar refractivity (Wildman–Crippen MR) is 123 cm³/mol. The molecule has 0 unspecified atom stereocenters. The number of anilines is 1. The molecule has 3 nitrogen and oxygen atoms in total. The van der Waals surface area contributed by atoms with Crippen molar-refractivity contribution in [3.8, 4) is 12.3 Å². The Hall–Kier alpha value is -2.28. The average molecular weight is 388 g/mol. The molecule has 2 aliphatic rings. The highest BCUT2D eigenvalue weighted by Gasteiger charge is 2.27. The monoisotopic (exact) mass is 387 g/mol. The van der Waals surface area contributed by atoms with E-state index in [1.165, 1.54) is 55.8 Å². The van der Waals surface area contributed by atoms with Crippen molar-refractivity contribution >= 4 is 5.69 Å². The summed E-state index contributed by atoms with van der Waals surface area (Å²) in [4.78, 5) is 7.94. The Bertz CT molecular complexity index is 820. The van der Waals surface area contributed by atoms with Crippen molar-refractivity contribution in [2.24, 2.45) is 0 Å². The Balaban J connectivity index is 1.20.